The maximum Gasteiger partial charge on any atom is 0.243 e. The number of hydrogen-bond donors (Lipinski definition) is 1. The van der Waals surface area contributed by atoms with E-state index in [9.17, 15) is 13.2 Å². The molecule has 0 bridgehead atoms. The Morgan fingerprint density at radius 3 is 2.50 bits per heavy atom. The number of thiazole rings is 1. The van der Waals surface area contributed by atoms with Crippen LogP contribution in [0.2, 0.25) is 8.67 Å². The van der Waals surface area contributed by atoms with E-state index in [1.165, 1.54) is 27.0 Å². The topological polar surface area (TPSA) is 79.4 Å². The number of halogens is 2. The van der Waals surface area contributed by atoms with Crippen LogP contribution in [0.25, 0.3) is 11.3 Å². The molecule has 0 saturated carbocycles. The highest BCUT2D eigenvalue weighted by molar-refractivity contribution is 7.98. The average Bonchev–Trinajstić information content (AvgIpc) is 3.39. The van der Waals surface area contributed by atoms with Gasteiger partial charge in [-0.1, -0.05) is 23.2 Å². The normalized spacial score (nSPS) is 15.7. The van der Waals surface area contributed by atoms with E-state index < -0.39 is 10.0 Å². The van der Waals surface area contributed by atoms with Gasteiger partial charge in [-0.15, -0.1) is 34.4 Å². The molecule has 1 aliphatic rings. The Balaban J connectivity index is 1.36. The number of rotatable bonds is 6. The Morgan fingerprint density at radius 2 is 1.91 bits per heavy atom. The molecule has 3 heterocycles. The lowest BCUT2D eigenvalue weighted by molar-refractivity contribution is -0.120. The fourth-order valence-corrected chi connectivity index (χ4v) is 7.50. The number of amides is 1. The van der Waals surface area contributed by atoms with Crippen molar-refractivity contribution in [3.63, 3.8) is 0 Å². The first-order valence-corrected chi connectivity index (χ1v) is 14.8. The quantitative estimate of drug-likeness (QED) is 0.386. The molecule has 1 saturated heterocycles. The van der Waals surface area contributed by atoms with Gasteiger partial charge < -0.3 is 5.32 Å². The zero-order chi connectivity index (χ0) is 22.9. The summed E-state index contributed by atoms with van der Waals surface area (Å²) in [6, 6.07) is 8.62. The van der Waals surface area contributed by atoms with Gasteiger partial charge in [-0.05, 0) is 49.4 Å². The molecule has 0 atom stereocenters. The lowest BCUT2D eigenvalue weighted by atomic mass is 9.97. The summed E-state index contributed by atoms with van der Waals surface area (Å²) in [7, 11) is -3.56. The highest BCUT2D eigenvalue weighted by Crippen LogP contribution is 2.39. The molecule has 1 amide bonds. The third kappa shape index (κ3) is 5.16. The summed E-state index contributed by atoms with van der Waals surface area (Å²) >= 11 is 16.3. The summed E-state index contributed by atoms with van der Waals surface area (Å²) in [5, 5.41) is 5.15. The summed E-state index contributed by atoms with van der Waals surface area (Å²) in [5.74, 6) is -0.423. The molecule has 0 radical (unpaired) electrons. The first-order chi connectivity index (χ1) is 15.3. The molecular weight excluding hydrogens is 529 g/mol. The van der Waals surface area contributed by atoms with Crippen molar-refractivity contribution in [3.05, 3.63) is 44.4 Å². The highest BCUT2D eigenvalue weighted by Gasteiger charge is 2.32. The fraction of sp³-hybridized carbons (Fsp3) is 0.300. The van der Waals surface area contributed by atoms with Crippen LogP contribution in [-0.4, -0.2) is 43.0 Å². The molecule has 170 valence electrons. The number of thioether (sulfide) groups is 1. The van der Waals surface area contributed by atoms with E-state index in [-0.39, 0.29) is 16.7 Å². The second-order valence-corrected chi connectivity index (χ2v) is 13.1. The lowest BCUT2D eigenvalue weighted by Gasteiger charge is -2.30. The van der Waals surface area contributed by atoms with Crippen molar-refractivity contribution >= 4 is 78.7 Å². The van der Waals surface area contributed by atoms with Gasteiger partial charge in [0.2, 0.25) is 15.9 Å². The Kier molecular flexibility index (Phi) is 7.50. The number of sulfonamides is 1. The smallest absolute Gasteiger partial charge is 0.243 e. The Hall–Kier alpha value is -1.14. The largest absolute Gasteiger partial charge is 0.302 e. The number of hydrogen-bond acceptors (Lipinski definition) is 7. The van der Waals surface area contributed by atoms with Gasteiger partial charge in [-0.2, -0.15) is 4.31 Å². The minimum atomic E-state index is -3.56. The maximum atomic E-state index is 12.9. The molecule has 32 heavy (non-hydrogen) atoms. The van der Waals surface area contributed by atoms with Crippen LogP contribution < -0.4 is 5.32 Å². The maximum absolute atomic E-state index is 12.9. The van der Waals surface area contributed by atoms with Gasteiger partial charge in [-0.25, -0.2) is 13.4 Å². The number of nitrogens with one attached hydrogen (secondary N) is 1. The van der Waals surface area contributed by atoms with Crippen molar-refractivity contribution in [1.29, 1.82) is 0 Å². The average molecular weight is 549 g/mol. The minimum absolute atomic E-state index is 0.151. The number of nitrogens with zero attached hydrogens (tertiary/aromatic N) is 2. The summed E-state index contributed by atoms with van der Waals surface area (Å²) in [5.41, 5.74) is 1.40. The molecule has 1 fully saturated rings. The lowest BCUT2D eigenvalue weighted by Crippen LogP contribution is -2.41. The van der Waals surface area contributed by atoms with Crippen LogP contribution in [0.4, 0.5) is 5.13 Å². The van der Waals surface area contributed by atoms with Gasteiger partial charge >= 0.3 is 0 Å². The zero-order valence-electron chi connectivity index (χ0n) is 16.9. The van der Waals surface area contributed by atoms with Crippen LogP contribution in [0, 0.1) is 5.92 Å². The predicted octanol–water partition coefficient (Wildman–Crippen LogP) is 5.94. The third-order valence-corrected chi connectivity index (χ3v) is 10.1. The van der Waals surface area contributed by atoms with Crippen LogP contribution in [0.1, 0.15) is 12.8 Å². The van der Waals surface area contributed by atoms with Crippen molar-refractivity contribution in [2.45, 2.75) is 22.6 Å². The molecule has 1 aliphatic heterocycles. The molecule has 1 N–H and O–H groups in total. The molecule has 12 heteroatoms. The van der Waals surface area contributed by atoms with Crippen molar-refractivity contribution in [2.75, 3.05) is 24.7 Å². The van der Waals surface area contributed by atoms with E-state index >= 15 is 0 Å². The molecule has 0 spiro atoms. The second kappa shape index (κ2) is 10.0. The first-order valence-electron chi connectivity index (χ1n) is 9.63. The van der Waals surface area contributed by atoms with Gasteiger partial charge in [0.05, 0.1) is 14.9 Å². The monoisotopic (exact) mass is 547 g/mol. The summed E-state index contributed by atoms with van der Waals surface area (Å²) < 4.78 is 28.4. The van der Waals surface area contributed by atoms with Gasteiger partial charge in [0.1, 0.15) is 4.34 Å². The van der Waals surface area contributed by atoms with E-state index in [0.717, 1.165) is 10.5 Å². The standard InChI is InChI=1S/C20H19Cl2N3O3S4/c1-29-13-2-4-14(5-3-13)32(27,28)25-8-6-12(7-9-25)19(26)24-20-23-16(11-30-20)15-10-17(21)31-18(15)22/h2-5,10-12H,6-9H2,1H3,(H,23,24,26). The number of carbonyl (C=O) groups is 1. The fourth-order valence-electron chi connectivity index (χ4n) is 3.43. The number of aromatic nitrogens is 1. The van der Waals surface area contributed by atoms with Crippen molar-refractivity contribution in [2.24, 2.45) is 5.92 Å². The Labute approximate surface area is 209 Å². The van der Waals surface area contributed by atoms with Gasteiger partial charge in [-0.3, -0.25) is 4.79 Å². The summed E-state index contributed by atoms with van der Waals surface area (Å²) in [4.78, 5) is 18.4. The number of anilines is 1. The number of carbonyl (C=O) groups excluding carboxylic acids is 1. The van der Waals surface area contributed by atoms with E-state index in [2.05, 4.69) is 10.3 Å². The van der Waals surface area contributed by atoms with Crippen LogP contribution >= 0.6 is 57.6 Å². The van der Waals surface area contributed by atoms with Gasteiger partial charge in [0.25, 0.3) is 0 Å². The van der Waals surface area contributed by atoms with E-state index in [1.54, 1.807) is 42.1 Å². The molecule has 2 aromatic heterocycles. The van der Waals surface area contributed by atoms with Crippen molar-refractivity contribution in [1.82, 2.24) is 9.29 Å². The zero-order valence-corrected chi connectivity index (χ0v) is 21.7. The highest BCUT2D eigenvalue weighted by atomic mass is 35.5. The Morgan fingerprint density at radius 1 is 1.22 bits per heavy atom. The second-order valence-electron chi connectivity index (χ2n) is 7.12. The molecule has 0 unspecified atom stereocenters. The van der Waals surface area contributed by atoms with Crippen LogP contribution in [0.3, 0.4) is 0 Å². The number of benzene rings is 1. The first kappa shape index (κ1) is 24.0. The van der Waals surface area contributed by atoms with Gasteiger partial charge in [0.15, 0.2) is 5.13 Å². The van der Waals surface area contributed by atoms with Crippen LogP contribution in [-0.2, 0) is 14.8 Å². The molecule has 4 rings (SSSR count). The van der Waals surface area contributed by atoms with E-state index in [0.29, 0.717) is 45.4 Å². The number of piperidine rings is 1. The van der Waals surface area contributed by atoms with Crippen molar-refractivity contribution < 1.29 is 13.2 Å². The third-order valence-electron chi connectivity index (χ3n) is 5.19. The molecule has 1 aromatic carbocycles. The minimum Gasteiger partial charge on any atom is -0.302 e. The molecule has 0 aliphatic carbocycles. The van der Waals surface area contributed by atoms with Crippen LogP contribution in [0.15, 0.2) is 45.5 Å². The van der Waals surface area contributed by atoms with E-state index in [4.69, 9.17) is 23.2 Å². The van der Waals surface area contributed by atoms with Crippen LogP contribution in [0.5, 0.6) is 0 Å². The van der Waals surface area contributed by atoms with E-state index in [1.807, 2.05) is 11.6 Å². The number of thiophene rings is 1. The molecule has 6 nitrogen and oxygen atoms in total. The Bertz CT molecular complexity index is 1220. The predicted molar refractivity (Wildman–Crippen MR) is 134 cm³/mol. The SMILES string of the molecule is CSc1ccc(S(=O)(=O)N2CCC(C(=O)Nc3nc(-c4cc(Cl)sc4Cl)cs3)CC2)cc1. The molecule has 3 aromatic rings. The van der Waals surface area contributed by atoms with Gasteiger partial charge in [0, 0.05) is 34.8 Å². The molecular formula is C20H19Cl2N3O3S4. The van der Waals surface area contributed by atoms with Crippen molar-refractivity contribution in [3.8, 4) is 11.3 Å². The summed E-state index contributed by atoms with van der Waals surface area (Å²) in [6.07, 6.45) is 2.86. The summed E-state index contributed by atoms with van der Waals surface area (Å²) in [6.45, 7) is 0.605.